The second-order valence-corrected chi connectivity index (χ2v) is 7.79. The van der Waals surface area contributed by atoms with Gasteiger partial charge in [-0.1, -0.05) is 26.0 Å². The van der Waals surface area contributed by atoms with Crippen molar-refractivity contribution < 1.29 is 29.0 Å². The molecule has 0 saturated heterocycles. The normalized spacial score (nSPS) is 12.7. The average Bonchev–Trinajstić information content (AvgIpc) is 2.74. The van der Waals surface area contributed by atoms with E-state index < -0.39 is 35.8 Å². The maximum atomic E-state index is 12.8. The van der Waals surface area contributed by atoms with Crippen LogP contribution in [0.15, 0.2) is 24.3 Å². The Bertz CT molecular complexity index is 766. The van der Waals surface area contributed by atoms with Crippen LogP contribution in [0, 0.1) is 5.92 Å². The van der Waals surface area contributed by atoms with Gasteiger partial charge >= 0.3 is 5.97 Å². The molecule has 10 heteroatoms. The molecule has 1 aromatic carbocycles. The topological polar surface area (TPSA) is 160 Å². The van der Waals surface area contributed by atoms with E-state index in [0.717, 1.165) is 5.56 Å². The predicted octanol–water partition coefficient (Wildman–Crippen LogP) is 1.00. The van der Waals surface area contributed by atoms with Crippen LogP contribution in [0.5, 0.6) is 0 Å². The van der Waals surface area contributed by atoms with Crippen LogP contribution < -0.4 is 21.7 Å². The monoisotopic (exact) mass is 450 g/mol. The first-order valence-corrected chi connectivity index (χ1v) is 10.6. The summed E-state index contributed by atoms with van der Waals surface area (Å²) in [5, 5.41) is 16.8. The number of aliphatic carboxylic acids is 1. The van der Waals surface area contributed by atoms with Crippen LogP contribution >= 0.6 is 0 Å². The lowest BCUT2D eigenvalue weighted by Crippen LogP contribution is -2.54. The molecule has 6 N–H and O–H groups in total. The number of carbonyl (C=O) groups is 4. The Morgan fingerprint density at radius 2 is 1.69 bits per heavy atom. The molecule has 0 aliphatic carbocycles. The number of nitrogens with one attached hydrogen (secondary N) is 3. The number of rotatable bonds is 14. The van der Waals surface area contributed by atoms with E-state index in [9.17, 15) is 19.2 Å². The van der Waals surface area contributed by atoms with Crippen molar-refractivity contribution in [1.82, 2.24) is 10.6 Å². The molecule has 0 fully saturated rings. The molecule has 178 valence electrons. The summed E-state index contributed by atoms with van der Waals surface area (Å²) in [5.41, 5.74) is 7.10. The van der Waals surface area contributed by atoms with Crippen LogP contribution in [0.25, 0.3) is 0 Å². The molecule has 10 nitrogen and oxygen atoms in total. The summed E-state index contributed by atoms with van der Waals surface area (Å²) in [4.78, 5) is 48.3. The van der Waals surface area contributed by atoms with E-state index in [4.69, 9.17) is 15.6 Å². The van der Waals surface area contributed by atoms with E-state index in [1.807, 2.05) is 12.1 Å². The summed E-state index contributed by atoms with van der Waals surface area (Å²) in [7, 11) is 1.60. The molecule has 0 aromatic heterocycles. The van der Waals surface area contributed by atoms with Crippen molar-refractivity contribution >= 4 is 29.4 Å². The second-order valence-electron chi connectivity index (χ2n) is 7.79. The molecule has 0 bridgehead atoms. The van der Waals surface area contributed by atoms with Gasteiger partial charge in [-0.3, -0.25) is 19.2 Å². The summed E-state index contributed by atoms with van der Waals surface area (Å²) < 4.78 is 5.07. The van der Waals surface area contributed by atoms with Crippen molar-refractivity contribution in [1.29, 1.82) is 0 Å². The molecule has 0 spiro atoms. The molecule has 1 rings (SSSR count). The van der Waals surface area contributed by atoms with E-state index in [1.54, 1.807) is 33.1 Å². The van der Waals surface area contributed by atoms with Crippen LogP contribution in [-0.4, -0.2) is 54.5 Å². The largest absolute Gasteiger partial charge is 0.481 e. The summed E-state index contributed by atoms with van der Waals surface area (Å²) in [5.74, 6) is -2.82. The molecule has 2 atom stereocenters. The number of benzene rings is 1. The summed E-state index contributed by atoms with van der Waals surface area (Å²) in [6.45, 7) is 4.31. The lowest BCUT2D eigenvalue weighted by atomic mass is 10.0. The Labute approximate surface area is 188 Å². The van der Waals surface area contributed by atoms with E-state index in [1.165, 1.54) is 0 Å². The Balaban J connectivity index is 2.83. The predicted molar refractivity (Wildman–Crippen MR) is 120 cm³/mol. The molecule has 32 heavy (non-hydrogen) atoms. The van der Waals surface area contributed by atoms with Crippen molar-refractivity contribution in [3.8, 4) is 0 Å². The zero-order chi connectivity index (χ0) is 24.1. The molecule has 0 radical (unpaired) electrons. The number of hydrogen-bond acceptors (Lipinski definition) is 6. The highest BCUT2D eigenvalue weighted by Gasteiger charge is 2.28. The fraction of sp³-hybridized carbons (Fsp3) is 0.545. The third kappa shape index (κ3) is 9.88. The molecule has 0 aliphatic rings. The van der Waals surface area contributed by atoms with Gasteiger partial charge in [-0.25, -0.2) is 0 Å². The van der Waals surface area contributed by atoms with E-state index in [-0.39, 0.29) is 18.8 Å². The number of carbonyl (C=O) groups excluding carboxylic acids is 3. The van der Waals surface area contributed by atoms with E-state index in [2.05, 4.69) is 16.0 Å². The van der Waals surface area contributed by atoms with E-state index >= 15 is 0 Å². The molecule has 0 heterocycles. The fourth-order valence-corrected chi connectivity index (χ4v) is 2.93. The Morgan fingerprint density at radius 1 is 1.03 bits per heavy atom. The Kier molecular flexibility index (Phi) is 12.0. The lowest BCUT2D eigenvalue weighted by molar-refractivity contribution is -0.139. The SMILES string of the molecule is COCc1ccc(NC(=O)[C@H](CCCN)NC(=O)[C@@H](NC(=O)CCC(=O)O)C(C)C)cc1. The molecule has 3 amide bonds. The number of carboxylic acid groups (broad SMARTS) is 1. The number of nitrogens with two attached hydrogens (primary N) is 1. The van der Waals surface area contributed by atoms with Gasteiger partial charge < -0.3 is 31.5 Å². The molecule has 1 aromatic rings. The quantitative estimate of drug-likeness (QED) is 0.283. The van der Waals surface area contributed by atoms with E-state index in [0.29, 0.717) is 31.7 Å². The number of methoxy groups -OCH3 is 1. The minimum absolute atomic E-state index is 0.234. The molecule has 0 unspecified atom stereocenters. The zero-order valence-corrected chi connectivity index (χ0v) is 18.8. The number of hydrogen-bond donors (Lipinski definition) is 5. The molecule has 0 aliphatic heterocycles. The van der Waals surface area contributed by atoms with Crippen molar-refractivity contribution in [2.45, 2.75) is 58.2 Å². The van der Waals surface area contributed by atoms with Gasteiger partial charge in [0.05, 0.1) is 13.0 Å². The van der Waals surface area contributed by atoms with Gasteiger partial charge in [0.1, 0.15) is 12.1 Å². The van der Waals surface area contributed by atoms with Crippen molar-refractivity contribution in [3.05, 3.63) is 29.8 Å². The van der Waals surface area contributed by atoms with Gasteiger partial charge in [0.15, 0.2) is 0 Å². The smallest absolute Gasteiger partial charge is 0.303 e. The highest BCUT2D eigenvalue weighted by atomic mass is 16.5. The highest BCUT2D eigenvalue weighted by molar-refractivity contribution is 5.98. The summed E-state index contributed by atoms with van der Waals surface area (Å²) in [6.07, 6.45) is 0.279. The van der Waals surface area contributed by atoms with Gasteiger partial charge in [-0.05, 0) is 43.0 Å². The first kappa shape index (κ1) is 27.1. The number of carboxylic acids is 1. The molecular weight excluding hydrogens is 416 g/mol. The maximum absolute atomic E-state index is 12.8. The van der Waals surface area contributed by atoms with Gasteiger partial charge in [-0.2, -0.15) is 0 Å². The standard InChI is InChI=1S/C22H34N4O6/c1-14(2)20(26-18(27)10-11-19(28)29)22(31)25-17(5-4-12-23)21(30)24-16-8-6-15(7-9-16)13-32-3/h6-9,14,17,20H,4-5,10-13,23H2,1-3H3,(H,24,30)(H,25,31)(H,26,27)(H,28,29)/t17-,20-/m0/s1. The Hall–Kier alpha value is -2.98. The van der Waals surface area contributed by atoms with Crippen LogP contribution in [0.3, 0.4) is 0 Å². The summed E-state index contributed by atoms with van der Waals surface area (Å²) >= 11 is 0. The molecular formula is C22H34N4O6. The van der Waals surface area contributed by atoms with Crippen molar-refractivity contribution in [2.24, 2.45) is 11.7 Å². The van der Waals surface area contributed by atoms with Gasteiger partial charge in [0.25, 0.3) is 0 Å². The first-order valence-electron chi connectivity index (χ1n) is 10.6. The van der Waals surface area contributed by atoms with Gasteiger partial charge in [0.2, 0.25) is 17.7 Å². The lowest BCUT2D eigenvalue weighted by Gasteiger charge is -2.25. The number of amides is 3. The number of anilines is 1. The maximum Gasteiger partial charge on any atom is 0.303 e. The minimum atomic E-state index is -1.10. The average molecular weight is 451 g/mol. The Morgan fingerprint density at radius 3 is 2.22 bits per heavy atom. The minimum Gasteiger partial charge on any atom is -0.481 e. The fourth-order valence-electron chi connectivity index (χ4n) is 2.93. The highest BCUT2D eigenvalue weighted by Crippen LogP contribution is 2.12. The third-order valence-corrected chi connectivity index (χ3v) is 4.69. The third-order valence-electron chi connectivity index (χ3n) is 4.69. The van der Waals surface area contributed by atoms with Crippen LogP contribution in [-0.2, 0) is 30.5 Å². The van der Waals surface area contributed by atoms with Crippen LogP contribution in [0.2, 0.25) is 0 Å². The van der Waals surface area contributed by atoms with Crippen LogP contribution in [0.4, 0.5) is 5.69 Å². The second kappa shape index (κ2) is 14.2. The van der Waals surface area contributed by atoms with Crippen molar-refractivity contribution in [2.75, 3.05) is 19.0 Å². The van der Waals surface area contributed by atoms with Gasteiger partial charge in [0, 0.05) is 19.2 Å². The summed E-state index contributed by atoms with van der Waals surface area (Å²) in [6, 6.07) is 5.39. The van der Waals surface area contributed by atoms with Crippen molar-refractivity contribution in [3.63, 3.8) is 0 Å². The van der Waals surface area contributed by atoms with Gasteiger partial charge in [-0.15, -0.1) is 0 Å². The number of ether oxygens (including phenoxy) is 1. The zero-order valence-electron chi connectivity index (χ0n) is 18.8. The van der Waals surface area contributed by atoms with Crippen LogP contribution in [0.1, 0.15) is 45.1 Å². The first-order chi connectivity index (χ1) is 15.2. The molecule has 0 saturated carbocycles.